The summed E-state index contributed by atoms with van der Waals surface area (Å²) >= 11 is 0. The van der Waals surface area contributed by atoms with Crippen molar-refractivity contribution in [3.63, 3.8) is 0 Å². The molecule has 0 atom stereocenters. The minimum absolute atomic E-state index is 0.117. The van der Waals surface area contributed by atoms with Gasteiger partial charge in [0.05, 0.1) is 11.4 Å². The maximum atomic E-state index is 12.9. The van der Waals surface area contributed by atoms with E-state index in [1.54, 1.807) is 18.2 Å². The molecule has 28 heavy (non-hydrogen) atoms. The van der Waals surface area contributed by atoms with Crippen LogP contribution in [0.3, 0.4) is 0 Å². The summed E-state index contributed by atoms with van der Waals surface area (Å²) in [5.41, 5.74) is 2.16. The summed E-state index contributed by atoms with van der Waals surface area (Å²) in [6.45, 7) is 2.11. The van der Waals surface area contributed by atoms with Crippen LogP contribution in [0.1, 0.15) is 25.3 Å². The van der Waals surface area contributed by atoms with Gasteiger partial charge in [-0.1, -0.05) is 6.92 Å². The number of hydrogen-bond donors (Lipinski definition) is 1. The van der Waals surface area contributed by atoms with Crippen LogP contribution in [0.4, 0.5) is 15.8 Å². The van der Waals surface area contributed by atoms with Gasteiger partial charge in [-0.3, -0.25) is 9.10 Å². The van der Waals surface area contributed by atoms with Crippen LogP contribution in [0.15, 0.2) is 42.5 Å². The first kappa shape index (κ1) is 20.1. The average Bonchev–Trinajstić information content (AvgIpc) is 2.67. The predicted molar refractivity (Wildman–Crippen MR) is 107 cm³/mol. The number of amides is 1. The Hall–Kier alpha value is -2.61. The smallest absolute Gasteiger partial charge is 0.262 e. The number of fused-ring (bicyclic) bond motifs is 1. The molecule has 3 rings (SSSR count). The minimum Gasteiger partial charge on any atom is -0.484 e. The molecule has 1 aliphatic rings. The largest absolute Gasteiger partial charge is 0.484 e. The Morgan fingerprint density at radius 2 is 1.96 bits per heavy atom. The molecular weight excluding hydrogens is 383 g/mol. The highest BCUT2D eigenvalue weighted by molar-refractivity contribution is 7.92. The molecule has 2 aromatic carbocycles. The van der Waals surface area contributed by atoms with E-state index in [2.05, 4.69) is 5.32 Å². The molecule has 0 saturated carbocycles. The summed E-state index contributed by atoms with van der Waals surface area (Å²) in [5, 5.41) is 2.75. The molecule has 0 spiro atoms. The number of hydrogen-bond acceptors (Lipinski definition) is 4. The van der Waals surface area contributed by atoms with E-state index in [0.717, 1.165) is 18.4 Å². The lowest BCUT2D eigenvalue weighted by atomic mass is 10.0. The first-order chi connectivity index (χ1) is 13.4. The number of halogens is 1. The molecule has 0 fully saturated rings. The molecule has 6 nitrogen and oxygen atoms in total. The highest BCUT2D eigenvalue weighted by Crippen LogP contribution is 2.32. The third-order valence-electron chi connectivity index (χ3n) is 4.42. The number of aryl methyl sites for hydroxylation is 1. The number of carbonyl (C=O) groups excluding carboxylic acids is 1. The van der Waals surface area contributed by atoms with Gasteiger partial charge in [-0.2, -0.15) is 0 Å². The molecule has 1 N–H and O–H groups in total. The van der Waals surface area contributed by atoms with Crippen molar-refractivity contribution in [3.8, 4) is 5.75 Å². The number of nitrogens with one attached hydrogen (secondary N) is 1. The van der Waals surface area contributed by atoms with E-state index in [4.69, 9.17) is 4.74 Å². The third kappa shape index (κ3) is 4.81. The summed E-state index contributed by atoms with van der Waals surface area (Å²) in [6.07, 6.45) is 2.06. The van der Waals surface area contributed by atoms with E-state index in [9.17, 15) is 17.6 Å². The van der Waals surface area contributed by atoms with E-state index >= 15 is 0 Å². The number of anilines is 2. The molecule has 8 heteroatoms. The molecule has 0 unspecified atom stereocenters. The van der Waals surface area contributed by atoms with Crippen molar-refractivity contribution >= 4 is 27.3 Å². The first-order valence-corrected chi connectivity index (χ1v) is 10.8. The predicted octanol–water partition coefficient (Wildman–Crippen LogP) is 3.34. The quantitative estimate of drug-likeness (QED) is 0.765. The Morgan fingerprint density at radius 1 is 1.21 bits per heavy atom. The van der Waals surface area contributed by atoms with Gasteiger partial charge in [0.25, 0.3) is 5.91 Å². The van der Waals surface area contributed by atoms with E-state index in [1.165, 1.54) is 28.6 Å². The van der Waals surface area contributed by atoms with Crippen LogP contribution in [0.25, 0.3) is 0 Å². The van der Waals surface area contributed by atoms with E-state index < -0.39 is 10.0 Å². The number of carbonyl (C=O) groups is 1. The Labute approximate surface area is 164 Å². The lowest BCUT2D eigenvalue weighted by molar-refractivity contribution is -0.118. The Bertz CT molecular complexity index is 945. The normalized spacial score (nSPS) is 13.7. The van der Waals surface area contributed by atoms with Crippen LogP contribution in [0.2, 0.25) is 0 Å². The van der Waals surface area contributed by atoms with Crippen LogP contribution in [0, 0.1) is 5.82 Å². The highest BCUT2D eigenvalue weighted by atomic mass is 32.2. The van der Waals surface area contributed by atoms with Gasteiger partial charge in [0.1, 0.15) is 11.6 Å². The summed E-state index contributed by atoms with van der Waals surface area (Å²) in [7, 11) is -3.33. The monoisotopic (exact) mass is 406 g/mol. The van der Waals surface area contributed by atoms with Gasteiger partial charge in [-0.15, -0.1) is 0 Å². The number of sulfonamides is 1. The van der Waals surface area contributed by atoms with Crippen LogP contribution >= 0.6 is 0 Å². The number of benzene rings is 2. The highest BCUT2D eigenvalue weighted by Gasteiger charge is 2.26. The molecule has 0 saturated heterocycles. The second kappa shape index (κ2) is 8.60. The van der Waals surface area contributed by atoms with E-state index in [0.29, 0.717) is 30.1 Å². The molecule has 0 bridgehead atoms. The van der Waals surface area contributed by atoms with E-state index in [1.807, 2.05) is 6.92 Å². The van der Waals surface area contributed by atoms with Crippen LogP contribution in [0.5, 0.6) is 5.75 Å². The van der Waals surface area contributed by atoms with Crippen LogP contribution in [-0.4, -0.2) is 33.2 Å². The zero-order valence-electron chi connectivity index (χ0n) is 15.7. The molecule has 1 amide bonds. The summed E-state index contributed by atoms with van der Waals surface area (Å²) in [5.74, 6) is -0.207. The number of nitrogens with zero attached hydrogens (tertiary/aromatic N) is 1. The maximum Gasteiger partial charge on any atom is 0.262 e. The second-order valence-electron chi connectivity index (χ2n) is 6.63. The van der Waals surface area contributed by atoms with Crippen molar-refractivity contribution in [2.24, 2.45) is 0 Å². The number of rotatable bonds is 7. The van der Waals surface area contributed by atoms with Crippen LogP contribution < -0.4 is 14.4 Å². The van der Waals surface area contributed by atoms with Crippen molar-refractivity contribution in [1.82, 2.24) is 0 Å². The fraction of sp³-hybridized carbons (Fsp3) is 0.350. The van der Waals surface area contributed by atoms with Crippen LogP contribution in [-0.2, 0) is 21.2 Å². The summed E-state index contributed by atoms with van der Waals surface area (Å²) < 4.78 is 44.6. The standard InChI is InChI=1S/C20H23FN2O4S/c1-2-12-28(25,26)23-11-3-4-15-13-17(7-10-19(15)23)22-20(24)14-27-18-8-5-16(21)6-9-18/h5-10,13H,2-4,11-12,14H2,1H3,(H,22,24). The SMILES string of the molecule is CCCS(=O)(=O)N1CCCc2cc(NC(=O)COc3ccc(F)cc3)ccc21. The molecule has 2 aromatic rings. The minimum atomic E-state index is -3.33. The van der Waals surface area contributed by atoms with Gasteiger partial charge in [0.2, 0.25) is 10.0 Å². The first-order valence-electron chi connectivity index (χ1n) is 9.20. The molecule has 1 aliphatic heterocycles. The molecule has 1 heterocycles. The maximum absolute atomic E-state index is 12.9. The lowest BCUT2D eigenvalue weighted by Crippen LogP contribution is -2.37. The number of ether oxygens (including phenoxy) is 1. The Balaban J connectivity index is 1.66. The van der Waals surface area contributed by atoms with Gasteiger partial charge in [0, 0.05) is 12.2 Å². The topological polar surface area (TPSA) is 75.7 Å². The Morgan fingerprint density at radius 3 is 2.68 bits per heavy atom. The van der Waals surface area contributed by atoms with Gasteiger partial charge >= 0.3 is 0 Å². The fourth-order valence-electron chi connectivity index (χ4n) is 3.17. The molecular formula is C20H23FN2O4S. The van der Waals surface area contributed by atoms with Crippen molar-refractivity contribution in [2.45, 2.75) is 26.2 Å². The molecule has 0 aliphatic carbocycles. The van der Waals surface area contributed by atoms with Crippen molar-refractivity contribution in [3.05, 3.63) is 53.8 Å². The fourth-order valence-corrected chi connectivity index (χ4v) is 4.80. The zero-order valence-corrected chi connectivity index (χ0v) is 16.5. The average molecular weight is 406 g/mol. The molecule has 0 radical (unpaired) electrons. The third-order valence-corrected chi connectivity index (χ3v) is 6.40. The molecule has 150 valence electrons. The van der Waals surface area contributed by atoms with Crippen molar-refractivity contribution < 1.29 is 22.3 Å². The van der Waals surface area contributed by atoms with E-state index in [-0.39, 0.29) is 24.1 Å². The summed E-state index contributed by atoms with van der Waals surface area (Å²) in [6, 6.07) is 10.6. The Kier molecular flexibility index (Phi) is 6.18. The summed E-state index contributed by atoms with van der Waals surface area (Å²) in [4.78, 5) is 12.1. The zero-order chi connectivity index (χ0) is 20.1. The van der Waals surface area contributed by atoms with Gasteiger partial charge in [-0.05, 0) is 67.3 Å². The van der Waals surface area contributed by atoms with Crippen molar-refractivity contribution in [1.29, 1.82) is 0 Å². The van der Waals surface area contributed by atoms with Gasteiger partial charge in [0.15, 0.2) is 6.61 Å². The second-order valence-corrected chi connectivity index (χ2v) is 8.64. The van der Waals surface area contributed by atoms with Crippen molar-refractivity contribution in [2.75, 3.05) is 28.5 Å². The molecule has 0 aromatic heterocycles. The van der Waals surface area contributed by atoms with Gasteiger partial charge in [-0.25, -0.2) is 12.8 Å². The van der Waals surface area contributed by atoms with Gasteiger partial charge < -0.3 is 10.1 Å². The lowest BCUT2D eigenvalue weighted by Gasteiger charge is -2.30.